The van der Waals surface area contributed by atoms with Gasteiger partial charge in [-0.2, -0.15) is 0 Å². The third kappa shape index (κ3) is 5.42. The third-order valence-electron chi connectivity index (χ3n) is 3.17. The lowest BCUT2D eigenvalue weighted by atomic mass is 10.1. The first kappa shape index (κ1) is 18.1. The van der Waals surface area contributed by atoms with Crippen molar-refractivity contribution in [2.24, 2.45) is 0 Å². The highest BCUT2D eigenvalue weighted by atomic mass is 16.6. The fourth-order valence-corrected chi connectivity index (χ4v) is 2.09. The van der Waals surface area contributed by atoms with Gasteiger partial charge in [0.2, 0.25) is 5.91 Å². The summed E-state index contributed by atoms with van der Waals surface area (Å²) in [6.45, 7) is 7.92. The van der Waals surface area contributed by atoms with Crippen molar-refractivity contribution in [1.82, 2.24) is 15.1 Å². The number of ether oxygens (including phenoxy) is 2. The van der Waals surface area contributed by atoms with Gasteiger partial charge in [-0.25, -0.2) is 9.59 Å². The lowest BCUT2D eigenvalue weighted by molar-refractivity contribution is -0.132. The van der Waals surface area contributed by atoms with Crippen LogP contribution < -0.4 is 5.32 Å². The number of alkyl carbamates (subject to hydrolysis) is 1. The first-order valence-electron chi connectivity index (χ1n) is 7.23. The maximum atomic E-state index is 12.3. The molecule has 1 fully saturated rings. The van der Waals surface area contributed by atoms with Crippen molar-refractivity contribution in [3.63, 3.8) is 0 Å². The molecule has 1 N–H and O–H groups in total. The largest absolute Gasteiger partial charge is 0.447 e. The molecule has 3 amide bonds. The van der Waals surface area contributed by atoms with Crippen molar-refractivity contribution in [3.8, 4) is 0 Å². The van der Waals surface area contributed by atoms with Crippen LogP contribution in [0, 0.1) is 0 Å². The molecule has 1 unspecified atom stereocenters. The Kier molecular flexibility index (Phi) is 6.01. The van der Waals surface area contributed by atoms with E-state index in [0.717, 1.165) is 0 Å². The van der Waals surface area contributed by atoms with Gasteiger partial charge >= 0.3 is 12.2 Å². The van der Waals surface area contributed by atoms with Gasteiger partial charge in [0.1, 0.15) is 12.2 Å². The minimum absolute atomic E-state index is 0.00267. The molecule has 22 heavy (non-hydrogen) atoms. The molecule has 0 bridgehead atoms. The number of carbonyl (C=O) groups excluding carboxylic acids is 3. The van der Waals surface area contributed by atoms with Crippen molar-refractivity contribution in [3.05, 3.63) is 0 Å². The van der Waals surface area contributed by atoms with Crippen LogP contribution in [0.3, 0.4) is 0 Å². The minimum atomic E-state index is -0.610. The Hall–Kier alpha value is -1.99. The topological polar surface area (TPSA) is 88.2 Å². The van der Waals surface area contributed by atoms with Crippen LogP contribution in [0.2, 0.25) is 0 Å². The first-order chi connectivity index (χ1) is 10.1. The summed E-state index contributed by atoms with van der Waals surface area (Å²) in [4.78, 5) is 38.1. The van der Waals surface area contributed by atoms with Gasteiger partial charge in [-0.3, -0.25) is 9.69 Å². The minimum Gasteiger partial charge on any atom is -0.447 e. The van der Waals surface area contributed by atoms with Crippen LogP contribution in [0.1, 0.15) is 27.7 Å². The average Bonchev–Trinajstić information content (AvgIpc) is 2.42. The molecule has 1 atom stereocenters. The van der Waals surface area contributed by atoms with Crippen LogP contribution in [-0.2, 0) is 14.3 Å². The van der Waals surface area contributed by atoms with E-state index in [1.54, 1.807) is 25.7 Å². The number of nitrogens with one attached hydrogen (secondary N) is 1. The van der Waals surface area contributed by atoms with E-state index < -0.39 is 23.8 Å². The molecule has 8 nitrogen and oxygen atoms in total. The molecule has 0 aromatic rings. The fraction of sp³-hybridized carbons (Fsp3) is 0.786. The zero-order valence-electron chi connectivity index (χ0n) is 13.8. The van der Waals surface area contributed by atoms with E-state index in [1.807, 2.05) is 0 Å². The van der Waals surface area contributed by atoms with Crippen LogP contribution in [-0.4, -0.2) is 72.8 Å². The number of carbonyl (C=O) groups is 3. The lowest BCUT2D eigenvalue weighted by Crippen LogP contribution is -2.58. The normalized spacial score (nSPS) is 18.7. The van der Waals surface area contributed by atoms with Crippen molar-refractivity contribution in [1.29, 1.82) is 0 Å². The van der Waals surface area contributed by atoms with Crippen molar-refractivity contribution < 1.29 is 23.9 Å². The van der Waals surface area contributed by atoms with E-state index in [1.165, 1.54) is 18.9 Å². The van der Waals surface area contributed by atoms with Crippen LogP contribution >= 0.6 is 0 Å². The highest BCUT2D eigenvalue weighted by Gasteiger charge is 2.34. The molecule has 8 heteroatoms. The van der Waals surface area contributed by atoms with Crippen LogP contribution in [0.15, 0.2) is 0 Å². The molecule has 0 aliphatic carbocycles. The van der Waals surface area contributed by atoms with E-state index >= 15 is 0 Å². The molecule has 0 aromatic heterocycles. The molecule has 1 aliphatic heterocycles. The average molecular weight is 315 g/mol. The lowest BCUT2D eigenvalue weighted by Gasteiger charge is -2.41. The number of nitrogens with zero attached hydrogens (tertiary/aromatic N) is 2. The van der Waals surface area contributed by atoms with E-state index in [0.29, 0.717) is 19.6 Å². The molecule has 0 radical (unpaired) electrons. The van der Waals surface area contributed by atoms with Crippen molar-refractivity contribution >= 4 is 18.1 Å². The van der Waals surface area contributed by atoms with Crippen molar-refractivity contribution in [2.75, 3.05) is 33.3 Å². The summed E-state index contributed by atoms with van der Waals surface area (Å²) >= 11 is 0. The summed E-state index contributed by atoms with van der Waals surface area (Å²) < 4.78 is 10.4. The SMILES string of the molecule is CNC(=O)OCC1CN(C(C)=O)CCN1C(=O)OC(C)(C)C. The van der Waals surface area contributed by atoms with Gasteiger partial charge in [-0.15, -0.1) is 0 Å². The van der Waals surface area contributed by atoms with E-state index in [-0.39, 0.29) is 12.5 Å². The molecule has 1 saturated heterocycles. The molecular weight excluding hydrogens is 290 g/mol. The number of piperazine rings is 1. The van der Waals surface area contributed by atoms with Gasteiger partial charge in [0.15, 0.2) is 0 Å². The quantitative estimate of drug-likeness (QED) is 0.814. The molecule has 126 valence electrons. The summed E-state index contributed by atoms with van der Waals surface area (Å²) in [5, 5.41) is 2.34. The van der Waals surface area contributed by atoms with Gasteiger partial charge in [-0.1, -0.05) is 0 Å². The molecule has 1 heterocycles. The summed E-state index contributed by atoms with van der Waals surface area (Å²) in [7, 11) is 1.46. The van der Waals surface area contributed by atoms with Gasteiger partial charge < -0.3 is 19.7 Å². The molecular formula is C14H25N3O5. The van der Waals surface area contributed by atoms with E-state index in [2.05, 4.69) is 5.32 Å². The highest BCUT2D eigenvalue weighted by molar-refractivity contribution is 5.74. The Morgan fingerprint density at radius 3 is 2.36 bits per heavy atom. The second-order valence-corrected chi connectivity index (χ2v) is 6.14. The summed E-state index contributed by atoms with van der Waals surface area (Å²) in [5.74, 6) is -0.0752. The number of hydrogen-bond donors (Lipinski definition) is 1. The van der Waals surface area contributed by atoms with Crippen LogP contribution in [0.25, 0.3) is 0 Å². The zero-order valence-corrected chi connectivity index (χ0v) is 13.8. The van der Waals surface area contributed by atoms with Gasteiger partial charge in [0.05, 0.1) is 6.04 Å². The monoisotopic (exact) mass is 315 g/mol. The molecule has 0 spiro atoms. The van der Waals surface area contributed by atoms with E-state index in [4.69, 9.17) is 9.47 Å². The summed E-state index contributed by atoms with van der Waals surface area (Å²) in [5.41, 5.74) is -0.610. The Morgan fingerprint density at radius 1 is 1.23 bits per heavy atom. The Balaban J connectivity index is 2.76. The Morgan fingerprint density at radius 2 is 1.86 bits per heavy atom. The standard InChI is InChI=1S/C14H25N3O5/c1-10(18)16-6-7-17(13(20)22-14(2,3)4)11(8-16)9-21-12(19)15-5/h11H,6-9H2,1-5H3,(H,15,19). The Labute approximate surface area is 130 Å². The zero-order chi connectivity index (χ0) is 16.9. The molecule has 1 rings (SSSR count). The summed E-state index contributed by atoms with van der Waals surface area (Å²) in [6, 6.07) is -0.426. The first-order valence-corrected chi connectivity index (χ1v) is 7.23. The summed E-state index contributed by atoms with van der Waals surface area (Å²) in [6.07, 6.45) is -1.05. The maximum Gasteiger partial charge on any atom is 0.410 e. The van der Waals surface area contributed by atoms with Gasteiger partial charge in [0, 0.05) is 33.6 Å². The van der Waals surface area contributed by atoms with Crippen molar-refractivity contribution in [2.45, 2.75) is 39.3 Å². The second-order valence-electron chi connectivity index (χ2n) is 6.14. The van der Waals surface area contributed by atoms with Crippen LogP contribution in [0.4, 0.5) is 9.59 Å². The van der Waals surface area contributed by atoms with Gasteiger partial charge in [-0.05, 0) is 20.8 Å². The predicted octanol–water partition coefficient (Wildman–Crippen LogP) is 0.810. The third-order valence-corrected chi connectivity index (χ3v) is 3.17. The van der Waals surface area contributed by atoms with Crippen LogP contribution in [0.5, 0.6) is 0 Å². The van der Waals surface area contributed by atoms with E-state index in [9.17, 15) is 14.4 Å². The number of hydrogen-bond acceptors (Lipinski definition) is 5. The predicted molar refractivity (Wildman–Crippen MR) is 79.4 cm³/mol. The smallest absolute Gasteiger partial charge is 0.410 e. The maximum absolute atomic E-state index is 12.3. The fourth-order valence-electron chi connectivity index (χ4n) is 2.09. The molecule has 0 aromatic carbocycles. The molecule has 1 aliphatic rings. The molecule has 0 saturated carbocycles. The Bertz CT molecular complexity index is 433. The second kappa shape index (κ2) is 7.33. The number of amides is 3. The van der Waals surface area contributed by atoms with Gasteiger partial charge in [0.25, 0.3) is 0 Å². The highest BCUT2D eigenvalue weighted by Crippen LogP contribution is 2.16. The number of rotatable bonds is 2.